The number of ether oxygens (including phenoxy) is 2. The molecule has 174 valence electrons. The SMILES string of the molecule is CCOC(=O)COc1ccc(C2CC(=O)N(Cc3ccc(Cl)cc3)C2)c2c1oc1ccccc12. The van der Waals surface area contributed by atoms with Crippen molar-refractivity contribution in [2.75, 3.05) is 19.8 Å². The number of benzene rings is 3. The van der Waals surface area contributed by atoms with E-state index in [4.69, 9.17) is 25.5 Å². The first-order valence-corrected chi connectivity index (χ1v) is 11.7. The first-order chi connectivity index (χ1) is 16.5. The fourth-order valence-corrected chi connectivity index (χ4v) is 4.69. The maximum Gasteiger partial charge on any atom is 0.344 e. The van der Waals surface area contributed by atoms with Crippen LogP contribution in [0.2, 0.25) is 5.02 Å². The Morgan fingerprint density at radius 1 is 1.12 bits per heavy atom. The molecule has 1 saturated heterocycles. The normalized spacial score (nSPS) is 15.9. The predicted molar refractivity (Wildman–Crippen MR) is 130 cm³/mol. The molecule has 0 aliphatic carbocycles. The highest BCUT2D eigenvalue weighted by atomic mass is 35.5. The van der Waals surface area contributed by atoms with E-state index in [1.807, 2.05) is 65.6 Å². The molecule has 4 aromatic rings. The van der Waals surface area contributed by atoms with Crippen LogP contribution in [0.15, 0.2) is 65.1 Å². The molecule has 3 aromatic carbocycles. The highest BCUT2D eigenvalue weighted by molar-refractivity contribution is 6.30. The van der Waals surface area contributed by atoms with Crippen molar-refractivity contribution in [3.63, 3.8) is 0 Å². The van der Waals surface area contributed by atoms with Gasteiger partial charge in [0.25, 0.3) is 0 Å². The Morgan fingerprint density at radius 2 is 1.91 bits per heavy atom. The van der Waals surface area contributed by atoms with Gasteiger partial charge in [-0.25, -0.2) is 4.79 Å². The van der Waals surface area contributed by atoms with Crippen LogP contribution in [0.3, 0.4) is 0 Å². The number of rotatable bonds is 7. The molecule has 6 nitrogen and oxygen atoms in total. The van der Waals surface area contributed by atoms with Crippen molar-refractivity contribution in [2.24, 2.45) is 0 Å². The molecule has 1 fully saturated rings. The van der Waals surface area contributed by atoms with Crippen LogP contribution in [0.4, 0.5) is 0 Å². The van der Waals surface area contributed by atoms with Gasteiger partial charge in [0, 0.05) is 41.2 Å². The fourth-order valence-electron chi connectivity index (χ4n) is 4.57. The summed E-state index contributed by atoms with van der Waals surface area (Å²) < 4.78 is 16.9. The van der Waals surface area contributed by atoms with Crippen molar-refractivity contribution in [1.82, 2.24) is 4.90 Å². The van der Waals surface area contributed by atoms with E-state index in [1.165, 1.54) is 0 Å². The molecule has 1 atom stereocenters. The standard InChI is InChI=1S/C27H24ClNO5/c1-2-32-25(31)16-33-23-12-11-20(26-21-5-3-4-6-22(21)34-27(23)26)18-13-24(30)29(15-18)14-17-7-9-19(28)10-8-17/h3-12,18H,2,13-16H2,1H3. The summed E-state index contributed by atoms with van der Waals surface area (Å²) in [6.07, 6.45) is 0.422. The van der Waals surface area contributed by atoms with Crippen LogP contribution < -0.4 is 4.74 Å². The van der Waals surface area contributed by atoms with Gasteiger partial charge >= 0.3 is 5.97 Å². The Morgan fingerprint density at radius 3 is 2.71 bits per heavy atom. The quantitative estimate of drug-likeness (QED) is 0.319. The van der Waals surface area contributed by atoms with Crippen LogP contribution in [0.1, 0.15) is 30.4 Å². The van der Waals surface area contributed by atoms with E-state index in [0.29, 0.717) is 42.5 Å². The third-order valence-corrected chi connectivity index (χ3v) is 6.37. The molecule has 0 N–H and O–H groups in total. The van der Waals surface area contributed by atoms with E-state index in [2.05, 4.69) is 0 Å². The van der Waals surface area contributed by atoms with Crippen molar-refractivity contribution >= 4 is 45.4 Å². The van der Waals surface area contributed by atoms with Gasteiger partial charge in [0.1, 0.15) is 5.58 Å². The van der Waals surface area contributed by atoms with E-state index in [1.54, 1.807) is 6.92 Å². The van der Waals surface area contributed by atoms with Crippen molar-refractivity contribution in [1.29, 1.82) is 0 Å². The van der Waals surface area contributed by atoms with Crippen molar-refractivity contribution in [3.8, 4) is 5.75 Å². The molecule has 0 spiro atoms. The van der Waals surface area contributed by atoms with Gasteiger partial charge in [-0.15, -0.1) is 0 Å². The van der Waals surface area contributed by atoms with Crippen LogP contribution >= 0.6 is 11.6 Å². The topological polar surface area (TPSA) is 69.0 Å². The van der Waals surface area contributed by atoms with Crippen LogP contribution in [0.5, 0.6) is 5.75 Å². The molecule has 0 radical (unpaired) electrons. The number of furan rings is 1. The lowest BCUT2D eigenvalue weighted by Crippen LogP contribution is -2.24. The highest BCUT2D eigenvalue weighted by Crippen LogP contribution is 2.42. The summed E-state index contributed by atoms with van der Waals surface area (Å²) in [5, 5.41) is 2.55. The zero-order valence-electron chi connectivity index (χ0n) is 18.8. The van der Waals surface area contributed by atoms with Gasteiger partial charge in [-0.2, -0.15) is 0 Å². The number of fused-ring (bicyclic) bond motifs is 3. The zero-order valence-corrected chi connectivity index (χ0v) is 19.5. The van der Waals surface area contributed by atoms with Crippen molar-refractivity contribution < 1.29 is 23.5 Å². The van der Waals surface area contributed by atoms with Crippen LogP contribution in [-0.4, -0.2) is 36.5 Å². The summed E-state index contributed by atoms with van der Waals surface area (Å²) in [6, 6.07) is 19.1. The minimum absolute atomic E-state index is 0.0161. The Bertz CT molecular complexity index is 1360. The summed E-state index contributed by atoms with van der Waals surface area (Å²) >= 11 is 6.00. The van der Waals surface area contributed by atoms with Gasteiger partial charge in [0.2, 0.25) is 5.91 Å². The zero-order chi connectivity index (χ0) is 23.7. The summed E-state index contributed by atoms with van der Waals surface area (Å²) in [4.78, 5) is 26.6. The number of para-hydroxylation sites is 1. The number of amides is 1. The maximum absolute atomic E-state index is 12.9. The van der Waals surface area contributed by atoms with Gasteiger partial charge < -0.3 is 18.8 Å². The molecule has 2 heterocycles. The minimum atomic E-state index is -0.435. The molecule has 1 aliphatic rings. The van der Waals surface area contributed by atoms with Gasteiger partial charge in [0.05, 0.1) is 6.61 Å². The van der Waals surface area contributed by atoms with Crippen LogP contribution in [0, 0.1) is 0 Å². The third-order valence-electron chi connectivity index (χ3n) is 6.11. The average molecular weight is 478 g/mol. The lowest BCUT2D eigenvalue weighted by molar-refractivity contribution is -0.145. The minimum Gasteiger partial charge on any atom is -0.478 e. The molecule has 7 heteroatoms. The molecule has 1 aliphatic heterocycles. The Hall–Kier alpha value is -3.51. The van der Waals surface area contributed by atoms with E-state index in [0.717, 1.165) is 27.5 Å². The molecule has 34 heavy (non-hydrogen) atoms. The molecule has 0 saturated carbocycles. The summed E-state index contributed by atoms with van der Waals surface area (Å²) in [6.45, 7) is 3.00. The Balaban J connectivity index is 1.47. The Kier molecular flexibility index (Phi) is 6.16. The molecule has 1 aromatic heterocycles. The molecule has 1 unspecified atom stereocenters. The number of carbonyl (C=O) groups excluding carboxylic acids is 2. The van der Waals surface area contributed by atoms with Gasteiger partial charge in [-0.1, -0.05) is 48.0 Å². The first kappa shape index (κ1) is 22.3. The number of nitrogens with zero attached hydrogens (tertiary/aromatic N) is 1. The van der Waals surface area contributed by atoms with Crippen LogP contribution in [-0.2, 0) is 20.9 Å². The predicted octanol–water partition coefficient (Wildman–Crippen LogP) is 5.70. The fraction of sp³-hybridized carbons (Fsp3) is 0.259. The monoisotopic (exact) mass is 477 g/mol. The summed E-state index contributed by atoms with van der Waals surface area (Å²) in [5.74, 6) is 0.173. The van der Waals surface area contributed by atoms with Gasteiger partial charge in [-0.3, -0.25) is 4.79 Å². The van der Waals surface area contributed by atoms with E-state index in [9.17, 15) is 9.59 Å². The maximum atomic E-state index is 12.9. The average Bonchev–Trinajstić information content (AvgIpc) is 3.40. The van der Waals surface area contributed by atoms with Gasteiger partial charge in [-0.05, 0) is 42.3 Å². The number of likely N-dealkylation sites (tertiary alicyclic amines) is 1. The van der Waals surface area contributed by atoms with E-state index < -0.39 is 5.97 Å². The number of carbonyl (C=O) groups is 2. The second-order valence-electron chi connectivity index (χ2n) is 8.35. The summed E-state index contributed by atoms with van der Waals surface area (Å²) in [5.41, 5.74) is 3.38. The molecular formula is C27H24ClNO5. The molecule has 1 amide bonds. The van der Waals surface area contributed by atoms with Crippen molar-refractivity contribution in [2.45, 2.75) is 25.8 Å². The van der Waals surface area contributed by atoms with E-state index >= 15 is 0 Å². The molecule has 5 rings (SSSR count). The van der Waals surface area contributed by atoms with Gasteiger partial charge in [0.15, 0.2) is 17.9 Å². The van der Waals surface area contributed by atoms with Crippen LogP contribution in [0.25, 0.3) is 21.9 Å². The molecule has 0 bridgehead atoms. The number of hydrogen-bond acceptors (Lipinski definition) is 5. The largest absolute Gasteiger partial charge is 0.478 e. The number of hydrogen-bond donors (Lipinski definition) is 0. The highest BCUT2D eigenvalue weighted by Gasteiger charge is 2.33. The van der Waals surface area contributed by atoms with Crippen molar-refractivity contribution in [3.05, 3.63) is 76.8 Å². The molecular weight excluding hydrogens is 454 g/mol. The summed E-state index contributed by atoms with van der Waals surface area (Å²) in [7, 11) is 0. The lowest BCUT2D eigenvalue weighted by atomic mass is 9.93. The van der Waals surface area contributed by atoms with E-state index in [-0.39, 0.29) is 18.4 Å². The second-order valence-corrected chi connectivity index (χ2v) is 8.79. The first-order valence-electron chi connectivity index (χ1n) is 11.3. The Labute approximate surface area is 202 Å². The second kappa shape index (κ2) is 9.39. The lowest BCUT2D eigenvalue weighted by Gasteiger charge is -2.18. The number of halogens is 1. The third kappa shape index (κ3) is 4.33. The number of esters is 1. The smallest absolute Gasteiger partial charge is 0.344 e.